The van der Waals surface area contributed by atoms with Crippen molar-refractivity contribution in [1.29, 1.82) is 0 Å². The van der Waals surface area contributed by atoms with Crippen LogP contribution in [0, 0.1) is 0 Å². The summed E-state index contributed by atoms with van der Waals surface area (Å²) in [5.74, 6) is 0.425. The van der Waals surface area contributed by atoms with Crippen molar-refractivity contribution in [2.24, 2.45) is 10.9 Å². The van der Waals surface area contributed by atoms with Gasteiger partial charge in [0.25, 0.3) is 0 Å². The standard InChI is InChI=1S/C13H11Cl2N3O2/c14-9-2-1-3-11(12(9)15)20-7-8-4-5-17-10(6-8)13(16)18-19/h1-6,19H,7H2,(H2,16,18). The van der Waals surface area contributed by atoms with Gasteiger partial charge >= 0.3 is 0 Å². The fourth-order valence-corrected chi connectivity index (χ4v) is 1.86. The van der Waals surface area contributed by atoms with Crippen LogP contribution in [0.3, 0.4) is 0 Å². The van der Waals surface area contributed by atoms with E-state index in [4.69, 9.17) is 38.9 Å². The molecule has 2 aromatic rings. The molecule has 0 radical (unpaired) electrons. The molecule has 0 atom stereocenters. The largest absolute Gasteiger partial charge is 0.487 e. The first-order valence-corrected chi connectivity index (χ1v) is 6.37. The van der Waals surface area contributed by atoms with Gasteiger partial charge in [0.15, 0.2) is 5.84 Å². The molecule has 0 fully saturated rings. The smallest absolute Gasteiger partial charge is 0.188 e. The third-order valence-corrected chi connectivity index (χ3v) is 3.31. The minimum atomic E-state index is -0.0624. The van der Waals surface area contributed by atoms with Crippen LogP contribution in [0.1, 0.15) is 11.3 Å². The highest BCUT2D eigenvalue weighted by atomic mass is 35.5. The molecule has 3 N–H and O–H groups in total. The van der Waals surface area contributed by atoms with Gasteiger partial charge in [-0.1, -0.05) is 34.4 Å². The molecule has 0 aliphatic carbocycles. The molecular formula is C13H11Cl2N3O2. The number of amidine groups is 1. The lowest BCUT2D eigenvalue weighted by atomic mass is 10.2. The van der Waals surface area contributed by atoms with Crippen LogP contribution in [0.15, 0.2) is 41.7 Å². The van der Waals surface area contributed by atoms with Gasteiger partial charge in [-0.15, -0.1) is 0 Å². The van der Waals surface area contributed by atoms with Gasteiger partial charge in [0.05, 0.1) is 5.02 Å². The summed E-state index contributed by atoms with van der Waals surface area (Å²) >= 11 is 11.9. The molecule has 1 heterocycles. The fraction of sp³-hybridized carbons (Fsp3) is 0.0769. The molecular weight excluding hydrogens is 301 g/mol. The topological polar surface area (TPSA) is 80.7 Å². The Balaban J connectivity index is 2.13. The lowest BCUT2D eigenvalue weighted by molar-refractivity contribution is 0.306. The Hall–Kier alpha value is -1.98. The molecule has 0 saturated heterocycles. The number of ether oxygens (including phenoxy) is 1. The van der Waals surface area contributed by atoms with E-state index < -0.39 is 0 Å². The SMILES string of the molecule is NC(=NO)c1cc(COc2cccc(Cl)c2Cl)ccn1. The van der Waals surface area contributed by atoms with E-state index in [2.05, 4.69) is 10.1 Å². The average Bonchev–Trinajstić information content (AvgIpc) is 2.48. The molecule has 0 saturated carbocycles. The highest BCUT2D eigenvalue weighted by molar-refractivity contribution is 6.42. The Morgan fingerprint density at radius 2 is 2.15 bits per heavy atom. The normalized spacial score (nSPS) is 11.4. The first kappa shape index (κ1) is 14.4. The number of hydrogen-bond acceptors (Lipinski definition) is 4. The summed E-state index contributed by atoms with van der Waals surface area (Å²) in [6.07, 6.45) is 1.55. The van der Waals surface area contributed by atoms with Crippen LogP contribution in [0.25, 0.3) is 0 Å². The summed E-state index contributed by atoms with van der Waals surface area (Å²) in [7, 11) is 0. The van der Waals surface area contributed by atoms with Gasteiger partial charge in [0, 0.05) is 6.20 Å². The van der Waals surface area contributed by atoms with Crippen LogP contribution in [-0.2, 0) is 6.61 Å². The van der Waals surface area contributed by atoms with Crippen molar-refractivity contribution >= 4 is 29.0 Å². The second-order valence-electron chi connectivity index (χ2n) is 3.88. The van der Waals surface area contributed by atoms with Crippen LogP contribution < -0.4 is 10.5 Å². The summed E-state index contributed by atoms with van der Waals surface area (Å²) < 4.78 is 5.58. The lowest BCUT2D eigenvalue weighted by Gasteiger charge is -2.09. The molecule has 0 bridgehead atoms. The quantitative estimate of drug-likeness (QED) is 0.393. The zero-order valence-corrected chi connectivity index (χ0v) is 11.8. The van der Waals surface area contributed by atoms with E-state index in [-0.39, 0.29) is 12.4 Å². The van der Waals surface area contributed by atoms with E-state index >= 15 is 0 Å². The predicted octanol–water partition coefficient (Wildman–Crippen LogP) is 3.06. The van der Waals surface area contributed by atoms with Crippen molar-refractivity contribution in [2.45, 2.75) is 6.61 Å². The molecule has 5 nitrogen and oxygen atoms in total. The predicted molar refractivity (Wildman–Crippen MR) is 77.5 cm³/mol. The van der Waals surface area contributed by atoms with E-state index in [0.717, 1.165) is 5.56 Å². The van der Waals surface area contributed by atoms with Crippen molar-refractivity contribution in [1.82, 2.24) is 4.98 Å². The number of halogens is 2. The maximum absolute atomic E-state index is 8.61. The third-order valence-electron chi connectivity index (χ3n) is 2.51. The fourth-order valence-electron chi connectivity index (χ4n) is 1.51. The van der Waals surface area contributed by atoms with Crippen molar-refractivity contribution in [3.05, 3.63) is 57.8 Å². The highest BCUT2D eigenvalue weighted by Gasteiger charge is 2.07. The number of rotatable bonds is 4. The van der Waals surface area contributed by atoms with Gasteiger partial charge in [-0.3, -0.25) is 4.98 Å². The summed E-state index contributed by atoms with van der Waals surface area (Å²) in [5.41, 5.74) is 6.64. The van der Waals surface area contributed by atoms with Crippen molar-refractivity contribution in [3.63, 3.8) is 0 Å². The van der Waals surface area contributed by atoms with Crippen molar-refractivity contribution in [2.75, 3.05) is 0 Å². The Bertz CT molecular complexity index is 647. The monoisotopic (exact) mass is 311 g/mol. The van der Waals surface area contributed by atoms with Gasteiger partial charge in [0.2, 0.25) is 0 Å². The molecule has 0 unspecified atom stereocenters. The van der Waals surface area contributed by atoms with Gasteiger partial charge in [-0.25, -0.2) is 0 Å². The van der Waals surface area contributed by atoms with Crippen LogP contribution in [-0.4, -0.2) is 16.0 Å². The number of pyridine rings is 1. The van der Waals surface area contributed by atoms with Crippen LogP contribution in [0.2, 0.25) is 10.0 Å². The van der Waals surface area contributed by atoms with Crippen molar-refractivity contribution in [3.8, 4) is 5.75 Å². The van der Waals surface area contributed by atoms with Crippen molar-refractivity contribution < 1.29 is 9.94 Å². The Labute approximate surface area is 125 Å². The number of hydrogen-bond donors (Lipinski definition) is 2. The number of oxime groups is 1. The Morgan fingerprint density at radius 3 is 2.90 bits per heavy atom. The second-order valence-corrected chi connectivity index (χ2v) is 4.66. The Kier molecular flexibility index (Phi) is 4.65. The summed E-state index contributed by atoms with van der Waals surface area (Å²) in [5, 5.41) is 12.3. The summed E-state index contributed by atoms with van der Waals surface area (Å²) in [6, 6.07) is 8.57. The van der Waals surface area contributed by atoms with E-state index in [1.54, 1.807) is 36.5 Å². The van der Waals surface area contributed by atoms with Gasteiger partial charge in [-0.2, -0.15) is 0 Å². The molecule has 2 rings (SSSR count). The zero-order valence-electron chi connectivity index (χ0n) is 10.3. The molecule has 0 spiro atoms. The van der Waals surface area contributed by atoms with E-state index in [1.807, 2.05) is 0 Å². The Morgan fingerprint density at radius 1 is 1.35 bits per heavy atom. The van der Waals surface area contributed by atoms with Gasteiger partial charge in [0.1, 0.15) is 23.1 Å². The highest BCUT2D eigenvalue weighted by Crippen LogP contribution is 2.31. The van der Waals surface area contributed by atoms with Crippen LogP contribution >= 0.6 is 23.2 Å². The number of aromatic nitrogens is 1. The van der Waals surface area contributed by atoms with Crippen LogP contribution in [0.5, 0.6) is 5.75 Å². The maximum atomic E-state index is 8.61. The maximum Gasteiger partial charge on any atom is 0.188 e. The van der Waals surface area contributed by atoms with E-state index in [0.29, 0.717) is 21.5 Å². The molecule has 0 aliphatic heterocycles. The lowest BCUT2D eigenvalue weighted by Crippen LogP contribution is -2.15. The molecule has 7 heteroatoms. The minimum Gasteiger partial charge on any atom is -0.487 e. The van der Waals surface area contributed by atoms with E-state index in [9.17, 15) is 0 Å². The number of benzene rings is 1. The molecule has 0 aliphatic rings. The summed E-state index contributed by atoms with van der Waals surface area (Å²) in [6.45, 7) is 0.258. The van der Waals surface area contributed by atoms with Gasteiger partial charge < -0.3 is 15.7 Å². The molecule has 20 heavy (non-hydrogen) atoms. The first-order chi connectivity index (χ1) is 9.61. The number of nitrogens with two attached hydrogens (primary N) is 1. The van der Waals surface area contributed by atoms with Gasteiger partial charge in [-0.05, 0) is 29.8 Å². The second kappa shape index (κ2) is 6.45. The van der Waals surface area contributed by atoms with E-state index in [1.165, 1.54) is 0 Å². The zero-order chi connectivity index (χ0) is 14.5. The number of nitrogens with zero attached hydrogens (tertiary/aromatic N) is 2. The summed E-state index contributed by atoms with van der Waals surface area (Å²) in [4.78, 5) is 3.98. The molecule has 0 amide bonds. The molecule has 1 aromatic carbocycles. The third kappa shape index (κ3) is 3.31. The van der Waals surface area contributed by atoms with Crippen LogP contribution in [0.4, 0.5) is 0 Å². The minimum absolute atomic E-state index is 0.0624. The molecule has 1 aromatic heterocycles. The molecule has 104 valence electrons. The first-order valence-electron chi connectivity index (χ1n) is 5.61. The average molecular weight is 312 g/mol.